The molecule has 2 aliphatic rings. The summed E-state index contributed by atoms with van der Waals surface area (Å²) in [4.78, 5) is 13.4. The Bertz CT molecular complexity index is 1080. The van der Waals surface area contributed by atoms with Crippen molar-refractivity contribution in [1.29, 1.82) is 0 Å². The fraction of sp³-hybridized carbons (Fsp3) is 0.235. The number of aliphatic imine (C=N–C) groups is 1. The Kier molecular flexibility index (Phi) is 4.09. The second-order valence-electron chi connectivity index (χ2n) is 6.33. The molecule has 2 radical (unpaired) electrons. The van der Waals surface area contributed by atoms with Gasteiger partial charge in [0.25, 0.3) is 0 Å². The predicted molar refractivity (Wildman–Crippen MR) is 101 cm³/mol. The van der Waals surface area contributed by atoms with Crippen LogP contribution in [0.1, 0.15) is 25.2 Å². The van der Waals surface area contributed by atoms with Gasteiger partial charge in [-0.2, -0.15) is 0 Å². The number of hydrogen-bond donors (Lipinski definition) is 0. The fourth-order valence-electron chi connectivity index (χ4n) is 2.49. The zero-order chi connectivity index (χ0) is 19.2. The Labute approximate surface area is 158 Å². The first-order chi connectivity index (χ1) is 12.9. The lowest BCUT2D eigenvalue weighted by atomic mass is 9.91. The van der Waals surface area contributed by atoms with Crippen molar-refractivity contribution in [2.75, 3.05) is 0 Å². The van der Waals surface area contributed by atoms with Gasteiger partial charge in [-0.3, -0.25) is 4.98 Å². The second-order valence-corrected chi connectivity index (χ2v) is 8.84. The van der Waals surface area contributed by atoms with E-state index < -0.39 is 20.7 Å². The molecule has 2 saturated heterocycles. The molecule has 0 amide bonds. The number of nitrogens with zero attached hydrogens (tertiary/aromatic N) is 3. The van der Waals surface area contributed by atoms with Gasteiger partial charge in [0.05, 0.1) is 22.0 Å². The van der Waals surface area contributed by atoms with Gasteiger partial charge in [-0.05, 0) is 31.9 Å². The van der Waals surface area contributed by atoms with E-state index in [-0.39, 0.29) is 4.90 Å². The molecule has 2 aromatic rings. The van der Waals surface area contributed by atoms with Crippen LogP contribution < -0.4 is 0 Å². The van der Waals surface area contributed by atoms with Crippen LogP contribution in [0.15, 0.2) is 40.4 Å². The topological polar surface area (TPSA) is 97.3 Å². The zero-order valence-electron chi connectivity index (χ0n) is 14.6. The summed E-state index contributed by atoms with van der Waals surface area (Å²) >= 11 is 0. The molecule has 2 fully saturated rings. The maximum Gasteiger partial charge on any atom is 0.474 e. The molecule has 1 aromatic heterocycles. The summed E-state index contributed by atoms with van der Waals surface area (Å²) in [5.41, 5.74) is 0.880. The van der Waals surface area contributed by atoms with E-state index in [0.29, 0.717) is 28.4 Å². The highest BCUT2D eigenvalue weighted by Gasteiger charge is 2.54. The molecule has 2 aliphatic heterocycles. The van der Waals surface area contributed by atoms with Crippen LogP contribution in [0.4, 0.5) is 0 Å². The number of rotatable bonds is 5. The first-order valence-electron chi connectivity index (χ1n) is 8.16. The summed E-state index contributed by atoms with van der Waals surface area (Å²) in [6.45, 7) is 3.29. The summed E-state index contributed by atoms with van der Waals surface area (Å²) in [5.74, 6) is 2.96. The maximum absolute atomic E-state index is 12.2. The van der Waals surface area contributed by atoms with Crippen molar-refractivity contribution < 1.29 is 17.7 Å². The van der Waals surface area contributed by atoms with Crippen molar-refractivity contribution in [3.8, 4) is 23.6 Å². The Morgan fingerprint density at radius 2 is 1.96 bits per heavy atom. The van der Waals surface area contributed by atoms with E-state index in [1.807, 2.05) is 0 Å². The van der Waals surface area contributed by atoms with Gasteiger partial charge in [0, 0.05) is 5.56 Å². The van der Waals surface area contributed by atoms with E-state index >= 15 is 0 Å². The van der Waals surface area contributed by atoms with Crippen LogP contribution in [0.25, 0.3) is 11.3 Å². The molecule has 3 heterocycles. The third-order valence-electron chi connectivity index (χ3n) is 4.19. The molecule has 1 atom stereocenters. The average Bonchev–Trinajstić information content (AvgIpc) is 3.60. The van der Waals surface area contributed by atoms with Gasteiger partial charge in [0.2, 0.25) is 0 Å². The van der Waals surface area contributed by atoms with Crippen LogP contribution in [0.2, 0.25) is 0 Å². The molecular formula is C17H13B2N3O4S. The standard InChI is InChI=1S/C17H13B2N3O4S/c1-4-13-15(17(19-26-17)22-16-18-25-16)20-9-14(21-13)11-5-7-12(8-6-11)27(23,24)10(2)3/h1,5-10H,2-3H3. The number of sulfone groups is 1. The van der Waals surface area contributed by atoms with Crippen LogP contribution in [-0.4, -0.2) is 44.4 Å². The van der Waals surface area contributed by atoms with Crippen molar-refractivity contribution in [2.45, 2.75) is 29.6 Å². The van der Waals surface area contributed by atoms with Gasteiger partial charge >= 0.3 is 15.0 Å². The maximum atomic E-state index is 12.2. The summed E-state index contributed by atoms with van der Waals surface area (Å²) in [6, 6.07) is 6.48. The van der Waals surface area contributed by atoms with E-state index in [0.717, 1.165) is 0 Å². The molecule has 4 rings (SSSR count). The monoisotopic (exact) mass is 377 g/mol. The molecule has 132 valence electrons. The van der Waals surface area contributed by atoms with E-state index in [9.17, 15) is 8.42 Å². The van der Waals surface area contributed by atoms with Crippen molar-refractivity contribution in [2.24, 2.45) is 4.99 Å². The van der Waals surface area contributed by atoms with Gasteiger partial charge in [-0.15, -0.1) is 6.42 Å². The predicted octanol–water partition coefficient (Wildman–Crippen LogP) is 1.07. The minimum atomic E-state index is -3.33. The molecule has 0 N–H and O–H groups in total. The lowest BCUT2D eigenvalue weighted by Gasteiger charge is -2.11. The van der Waals surface area contributed by atoms with Crippen LogP contribution >= 0.6 is 0 Å². The van der Waals surface area contributed by atoms with E-state index in [2.05, 4.69) is 20.9 Å². The highest BCUT2D eigenvalue weighted by Crippen LogP contribution is 2.39. The Morgan fingerprint density at radius 1 is 1.30 bits per heavy atom. The third kappa shape index (κ3) is 3.24. The lowest BCUT2D eigenvalue weighted by Crippen LogP contribution is -2.14. The van der Waals surface area contributed by atoms with Crippen molar-refractivity contribution >= 4 is 30.6 Å². The van der Waals surface area contributed by atoms with Crippen LogP contribution in [0, 0.1) is 12.3 Å². The van der Waals surface area contributed by atoms with E-state index in [1.165, 1.54) is 15.0 Å². The van der Waals surface area contributed by atoms with Crippen LogP contribution in [0.3, 0.4) is 0 Å². The number of terminal acetylenes is 1. The quantitative estimate of drug-likeness (QED) is 0.440. The lowest BCUT2D eigenvalue weighted by molar-refractivity contribution is 0.326. The molecule has 0 saturated carbocycles. The second kappa shape index (κ2) is 6.22. The molecule has 0 spiro atoms. The van der Waals surface area contributed by atoms with E-state index in [4.69, 9.17) is 15.7 Å². The van der Waals surface area contributed by atoms with Crippen molar-refractivity contribution in [3.63, 3.8) is 0 Å². The largest absolute Gasteiger partial charge is 0.549 e. The van der Waals surface area contributed by atoms with Gasteiger partial charge < -0.3 is 9.31 Å². The summed E-state index contributed by atoms with van der Waals surface area (Å²) in [5, 5.41) is -0.490. The molecule has 10 heteroatoms. The molecular weight excluding hydrogens is 364 g/mol. The molecule has 0 aliphatic carbocycles. The van der Waals surface area contributed by atoms with Gasteiger partial charge in [-0.1, -0.05) is 12.1 Å². The van der Waals surface area contributed by atoms with Crippen molar-refractivity contribution in [3.05, 3.63) is 41.9 Å². The molecule has 1 aromatic carbocycles. The van der Waals surface area contributed by atoms with Gasteiger partial charge in [-0.25, -0.2) is 18.4 Å². The summed E-state index contributed by atoms with van der Waals surface area (Å²) in [6.07, 6.45) is 7.15. The van der Waals surface area contributed by atoms with Gasteiger partial charge in [0.15, 0.2) is 21.3 Å². The third-order valence-corrected chi connectivity index (χ3v) is 6.36. The fourth-order valence-corrected chi connectivity index (χ4v) is 3.55. The minimum Gasteiger partial charge on any atom is -0.549 e. The minimum absolute atomic E-state index is 0.263. The Hall–Kier alpha value is -2.63. The first kappa shape index (κ1) is 17.8. The van der Waals surface area contributed by atoms with Crippen LogP contribution in [0.5, 0.6) is 0 Å². The number of benzene rings is 1. The van der Waals surface area contributed by atoms with Crippen molar-refractivity contribution in [1.82, 2.24) is 9.97 Å². The highest BCUT2D eigenvalue weighted by atomic mass is 32.2. The SMILES string of the molecule is C#Cc1nc(-c2ccc(S(=O)(=O)C(C)C)cc2)cnc1C1(N=C2[B]O2)[B]O1. The summed E-state index contributed by atoms with van der Waals surface area (Å²) in [7, 11) is -0.338. The van der Waals surface area contributed by atoms with E-state index in [1.54, 1.807) is 44.3 Å². The normalized spacial score (nSPS) is 21.8. The number of aromatic nitrogens is 2. The summed E-state index contributed by atoms with van der Waals surface area (Å²) < 4.78 is 34.7. The smallest absolute Gasteiger partial charge is 0.474 e. The van der Waals surface area contributed by atoms with Gasteiger partial charge in [0.1, 0.15) is 11.4 Å². The first-order valence-corrected chi connectivity index (χ1v) is 9.71. The highest BCUT2D eigenvalue weighted by molar-refractivity contribution is 7.92. The molecule has 27 heavy (non-hydrogen) atoms. The number of hydrogen-bond acceptors (Lipinski definition) is 7. The average molecular weight is 377 g/mol. The molecule has 7 nitrogen and oxygen atoms in total. The van der Waals surface area contributed by atoms with Crippen LogP contribution in [-0.2, 0) is 24.8 Å². The molecule has 0 bridgehead atoms. The molecule has 1 unspecified atom stereocenters. The zero-order valence-corrected chi connectivity index (χ0v) is 15.4. The Morgan fingerprint density at radius 3 is 2.48 bits per heavy atom. The Balaban J connectivity index is 1.68.